The van der Waals surface area contributed by atoms with E-state index in [1.165, 1.54) is 6.08 Å². The van der Waals surface area contributed by atoms with Gasteiger partial charge >= 0.3 is 11.2 Å². The molecule has 0 radical (unpaired) electrons. The summed E-state index contributed by atoms with van der Waals surface area (Å²) in [5, 5.41) is 20.1. The predicted molar refractivity (Wildman–Crippen MR) is 88.9 cm³/mol. The van der Waals surface area contributed by atoms with Crippen LogP contribution in [0.15, 0.2) is 29.1 Å². The molecule has 1 heterocycles. The molecule has 0 fully saturated rings. The molecule has 0 aliphatic rings. The normalized spacial score (nSPS) is 12.2. The van der Waals surface area contributed by atoms with Gasteiger partial charge in [-0.25, -0.2) is 0 Å². The lowest BCUT2D eigenvalue weighted by molar-refractivity contribution is -0.387. The van der Waals surface area contributed by atoms with Gasteiger partial charge in [0.25, 0.3) is 5.88 Å². The second kappa shape index (κ2) is 7.40. The Morgan fingerprint density at radius 3 is 2.58 bits per heavy atom. The van der Waals surface area contributed by atoms with Crippen LogP contribution in [0.2, 0.25) is 0 Å². The Bertz CT molecular complexity index is 811. The van der Waals surface area contributed by atoms with Crippen LogP contribution in [-0.2, 0) is 0 Å². The van der Waals surface area contributed by atoms with Crippen molar-refractivity contribution in [2.24, 2.45) is 0 Å². The number of aromatic nitrogens is 2. The van der Waals surface area contributed by atoms with E-state index < -0.39 is 22.0 Å². The highest BCUT2D eigenvalue weighted by Crippen LogP contribution is 2.18. The third-order valence-corrected chi connectivity index (χ3v) is 3.30. The smallest absolute Gasteiger partial charge is 0.395 e. The predicted octanol–water partition coefficient (Wildman–Crippen LogP) is 2.73. The van der Waals surface area contributed by atoms with E-state index in [0.29, 0.717) is 0 Å². The van der Waals surface area contributed by atoms with E-state index in [0.717, 1.165) is 17.7 Å². The molecular formula is C16H17N3O5. The Morgan fingerprint density at radius 2 is 2.04 bits per heavy atom. The fraction of sp³-hybridized carbons (Fsp3) is 0.250. The van der Waals surface area contributed by atoms with Crippen molar-refractivity contribution in [3.05, 3.63) is 56.1 Å². The monoisotopic (exact) mass is 331 g/mol. The van der Waals surface area contributed by atoms with E-state index in [1.807, 2.05) is 38.1 Å². The number of nitrogens with zero attached hydrogens (tertiary/aromatic N) is 2. The number of hydrogen-bond donors (Lipinski definition) is 2. The number of aromatic amines is 1. The number of nitro groups is 1. The molecule has 1 aromatic carbocycles. The summed E-state index contributed by atoms with van der Waals surface area (Å²) in [5.74, 6) is -0.148. The minimum absolute atomic E-state index is 0.0167. The Hall–Kier alpha value is -3.16. The van der Waals surface area contributed by atoms with Crippen molar-refractivity contribution in [1.82, 2.24) is 9.97 Å². The van der Waals surface area contributed by atoms with Crippen LogP contribution < -0.4 is 10.3 Å². The fourth-order valence-corrected chi connectivity index (χ4v) is 1.86. The van der Waals surface area contributed by atoms with Crippen LogP contribution in [-0.4, -0.2) is 26.1 Å². The molecule has 0 bridgehead atoms. The molecule has 0 spiro atoms. The lowest BCUT2D eigenvalue weighted by atomic mass is 10.2. The third-order valence-electron chi connectivity index (χ3n) is 3.30. The molecule has 8 nitrogen and oxygen atoms in total. The van der Waals surface area contributed by atoms with Crippen molar-refractivity contribution >= 4 is 17.8 Å². The zero-order valence-electron chi connectivity index (χ0n) is 13.2. The molecule has 0 aliphatic carbocycles. The number of benzene rings is 1. The molecular weight excluding hydrogens is 314 g/mol. The molecule has 1 aromatic heterocycles. The van der Waals surface area contributed by atoms with Crippen molar-refractivity contribution in [2.45, 2.75) is 26.4 Å². The van der Waals surface area contributed by atoms with Gasteiger partial charge in [-0.2, -0.15) is 4.98 Å². The average molecular weight is 331 g/mol. The molecule has 0 amide bonds. The van der Waals surface area contributed by atoms with Crippen LogP contribution in [0.5, 0.6) is 11.6 Å². The largest absolute Gasteiger partial charge is 0.491 e. The lowest BCUT2D eigenvalue weighted by Crippen LogP contribution is -2.14. The Morgan fingerprint density at radius 1 is 1.38 bits per heavy atom. The van der Waals surface area contributed by atoms with Crippen molar-refractivity contribution in [2.75, 3.05) is 0 Å². The lowest BCUT2D eigenvalue weighted by Gasteiger charge is -2.12. The third kappa shape index (κ3) is 4.19. The van der Waals surface area contributed by atoms with Crippen LogP contribution in [0, 0.1) is 10.1 Å². The summed E-state index contributed by atoms with van der Waals surface area (Å²) in [4.78, 5) is 27.0. The quantitative estimate of drug-likeness (QED) is 0.620. The van der Waals surface area contributed by atoms with E-state index >= 15 is 0 Å². The average Bonchev–Trinajstić information content (AvgIpc) is 2.53. The van der Waals surface area contributed by atoms with Gasteiger partial charge in [0.15, 0.2) is 0 Å². The van der Waals surface area contributed by atoms with Gasteiger partial charge in [0.2, 0.25) is 0 Å². The van der Waals surface area contributed by atoms with E-state index in [-0.39, 0.29) is 11.9 Å². The van der Waals surface area contributed by atoms with Gasteiger partial charge in [0, 0.05) is 0 Å². The number of nitrogens with one attached hydrogen (secondary N) is 1. The summed E-state index contributed by atoms with van der Waals surface area (Å²) in [7, 11) is 0. The maximum atomic E-state index is 11.5. The second-order valence-corrected chi connectivity index (χ2v) is 5.12. The molecule has 1 unspecified atom stereocenters. The number of hydrogen-bond acceptors (Lipinski definition) is 6. The summed E-state index contributed by atoms with van der Waals surface area (Å²) < 4.78 is 5.67. The molecule has 1 atom stereocenters. The van der Waals surface area contributed by atoms with E-state index in [9.17, 15) is 20.0 Å². The Balaban J connectivity index is 2.16. The summed E-state index contributed by atoms with van der Waals surface area (Å²) in [6.07, 6.45) is 4.12. The molecule has 8 heteroatoms. The zero-order chi connectivity index (χ0) is 17.7. The summed E-state index contributed by atoms with van der Waals surface area (Å²) in [6.45, 7) is 4.02. The first-order valence-corrected chi connectivity index (χ1v) is 7.33. The molecule has 24 heavy (non-hydrogen) atoms. The van der Waals surface area contributed by atoms with E-state index in [2.05, 4.69) is 9.97 Å². The van der Waals surface area contributed by atoms with E-state index in [4.69, 9.17) is 4.74 Å². The molecule has 2 rings (SSSR count). The van der Waals surface area contributed by atoms with Gasteiger partial charge in [-0.1, -0.05) is 25.1 Å². The van der Waals surface area contributed by atoms with Gasteiger partial charge in [0.05, 0.1) is 11.0 Å². The molecule has 2 N–H and O–H groups in total. The standard InChI is InChI=1S/C16H17N3O5/c1-3-10(2)24-12-7-4-11(5-8-12)6-9-13-17-15(20)14(19(22)23)16(21)18-13/h4-10H,3H2,1-2H3,(H2,17,18,20,21). The Kier molecular flexibility index (Phi) is 5.31. The van der Waals surface area contributed by atoms with Crippen LogP contribution in [0.25, 0.3) is 12.2 Å². The maximum absolute atomic E-state index is 11.5. The molecule has 0 saturated heterocycles. The highest BCUT2D eigenvalue weighted by Gasteiger charge is 2.21. The van der Waals surface area contributed by atoms with Crippen molar-refractivity contribution < 1.29 is 14.8 Å². The topological polar surface area (TPSA) is 118 Å². The SMILES string of the molecule is CCC(C)Oc1ccc(C=Cc2nc(O)c([N+](=O)[O-])c(=O)[nH]2)cc1. The summed E-state index contributed by atoms with van der Waals surface area (Å²) >= 11 is 0. The first-order valence-electron chi connectivity index (χ1n) is 7.33. The van der Waals surface area contributed by atoms with Gasteiger partial charge in [0.1, 0.15) is 11.6 Å². The highest BCUT2D eigenvalue weighted by atomic mass is 16.6. The van der Waals surface area contributed by atoms with Gasteiger partial charge in [-0.05, 0) is 37.1 Å². The van der Waals surface area contributed by atoms with Gasteiger partial charge in [-0.3, -0.25) is 14.9 Å². The number of rotatable bonds is 6. The molecule has 126 valence electrons. The molecule has 0 aliphatic heterocycles. The molecule has 0 saturated carbocycles. The van der Waals surface area contributed by atoms with Crippen molar-refractivity contribution in [3.63, 3.8) is 0 Å². The minimum atomic E-state index is -1.01. The molecule has 2 aromatic rings. The first kappa shape index (κ1) is 17.2. The summed E-state index contributed by atoms with van der Waals surface area (Å²) in [5.41, 5.74) is -1.17. The number of H-pyrrole nitrogens is 1. The summed E-state index contributed by atoms with van der Waals surface area (Å²) in [6, 6.07) is 7.26. The fourth-order valence-electron chi connectivity index (χ4n) is 1.86. The van der Waals surface area contributed by atoms with Crippen molar-refractivity contribution in [1.29, 1.82) is 0 Å². The van der Waals surface area contributed by atoms with Crippen molar-refractivity contribution in [3.8, 4) is 11.6 Å². The van der Waals surface area contributed by atoms with Gasteiger partial charge in [-0.15, -0.1) is 0 Å². The van der Waals surface area contributed by atoms with Crippen LogP contribution >= 0.6 is 0 Å². The maximum Gasteiger partial charge on any atom is 0.395 e. The number of aromatic hydroxyl groups is 1. The van der Waals surface area contributed by atoms with Crippen LogP contribution in [0.1, 0.15) is 31.7 Å². The van der Waals surface area contributed by atoms with Gasteiger partial charge < -0.3 is 14.8 Å². The van der Waals surface area contributed by atoms with E-state index in [1.54, 1.807) is 6.08 Å². The first-order chi connectivity index (χ1) is 11.4. The number of ether oxygens (including phenoxy) is 1. The Labute approximate surface area is 137 Å². The zero-order valence-corrected chi connectivity index (χ0v) is 13.2. The second-order valence-electron chi connectivity index (χ2n) is 5.12. The van der Waals surface area contributed by atoms with Crippen LogP contribution in [0.4, 0.5) is 5.69 Å². The highest BCUT2D eigenvalue weighted by molar-refractivity contribution is 5.67. The van der Waals surface area contributed by atoms with Crippen LogP contribution in [0.3, 0.4) is 0 Å². The minimum Gasteiger partial charge on any atom is -0.491 e.